The number of ether oxygens (including phenoxy) is 2. The summed E-state index contributed by atoms with van der Waals surface area (Å²) in [4.78, 5) is 12.0. The van der Waals surface area contributed by atoms with Crippen LogP contribution in [0.15, 0.2) is 53.0 Å². The van der Waals surface area contributed by atoms with Crippen molar-refractivity contribution in [3.8, 4) is 5.75 Å². The first-order valence-corrected chi connectivity index (χ1v) is 7.82. The molecule has 0 atom stereocenters. The minimum atomic E-state index is -0.205. The van der Waals surface area contributed by atoms with Crippen molar-refractivity contribution in [3.05, 3.63) is 58.6 Å². The van der Waals surface area contributed by atoms with Crippen LogP contribution in [0.2, 0.25) is 0 Å². The maximum absolute atomic E-state index is 12.0. The SMILES string of the molecule is CCOCc1ccccc1NC(=O)COc1cccc(Br)c1. The quantitative estimate of drug-likeness (QED) is 0.808. The third-order valence-electron chi connectivity index (χ3n) is 2.92. The molecule has 1 amide bonds. The Balaban J connectivity index is 1.92. The fourth-order valence-corrected chi connectivity index (χ4v) is 2.25. The molecule has 0 heterocycles. The standard InChI is InChI=1S/C17H18BrNO3/c1-2-21-11-13-6-3-4-9-16(13)19-17(20)12-22-15-8-5-7-14(18)10-15/h3-10H,2,11-12H2,1H3,(H,19,20). The number of hydrogen-bond donors (Lipinski definition) is 1. The molecule has 0 saturated heterocycles. The smallest absolute Gasteiger partial charge is 0.262 e. The van der Waals surface area contributed by atoms with Gasteiger partial charge in [-0.2, -0.15) is 0 Å². The number of amides is 1. The van der Waals surface area contributed by atoms with Crippen LogP contribution >= 0.6 is 15.9 Å². The lowest BCUT2D eigenvalue weighted by Crippen LogP contribution is -2.21. The number of carbonyl (C=O) groups is 1. The van der Waals surface area contributed by atoms with Crippen LogP contribution in [0, 0.1) is 0 Å². The van der Waals surface area contributed by atoms with E-state index in [2.05, 4.69) is 21.2 Å². The third kappa shape index (κ3) is 5.16. The number of carbonyl (C=O) groups excluding carboxylic acids is 1. The van der Waals surface area contributed by atoms with Crippen molar-refractivity contribution in [1.82, 2.24) is 0 Å². The molecule has 116 valence electrons. The van der Waals surface area contributed by atoms with Crippen LogP contribution in [0.25, 0.3) is 0 Å². The van der Waals surface area contributed by atoms with Gasteiger partial charge in [0.2, 0.25) is 0 Å². The molecular formula is C17H18BrNO3. The van der Waals surface area contributed by atoms with Crippen LogP contribution in [0.1, 0.15) is 12.5 Å². The van der Waals surface area contributed by atoms with Crippen molar-refractivity contribution in [2.75, 3.05) is 18.5 Å². The van der Waals surface area contributed by atoms with E-state index < -0.39 is 0 Å². The molecule has 1 N–H and O–H groups in total. The van der Waals surface area contributed by atoms with E-state index >= 15 is 0 Å². The molecule has 4 nitrogen and oxygen atoms in total. The molecule has 2 aromatic carbocycles. The fourth-order valence-electron chi connectivity index (χ4n) is 1.87. The largest absolute Gasteiger partial charge is 0.484 e. The highest BCUT2D eigenvalue weighted by Crippen LogP contribution is 2.18. The Labute approximate surface area is 138 Å². The lowest BCUT2D eigenvalue weighted by molar-refractivity contribution is -0.118. The number of anilines is 1. The number of halogens is 1. The second-order valence-electron chi connectivity index (χ2n) is 4.59. The summed E-state index contributed by atoms with van der Waals surface area (Å²) in [6.07, 6.45) is 0. The van der Waals surface area contributed by atoms with Gasteiger partial charge in [0.1, 0.15) is 5.75 Å². The normalized spacial score (nSPS) is 10.3. The maximum atomic E-state index is 12.0. The molecule has 0 unspecified atom stereocenters. The van der Waals surface area contributed by atoms with Gasteiger partial charge in [-0.05, 0) is 31.2 Å². The number of hydrogen-bond acceptors (Lipinski definition) is 3. The number of benzene rings is 2. The van der Waals surface area contributed by atoms with Crippen molar-refractivity contribution in [1.29, 1.82) is 0 Å². The van der Waals surface area contributed by atoms with Gasteiger partial charge < -0.3 is 14.8 Å². The lowest BCUT2D eigenvalue weighted by atomic mass is 10.2. The van der Waals surface area contributed by atoms with Gasteiger partial charge in [-0.3, -0.25) is 4.79 Å². The van der Waals surface area contributed by atoms with Gasteiger partial charge in [0, 0.05) is 22.3 Å². The monoisotopic (exact) mass is 363 g/mol. The van der Waals surface area contributed by atoms with E-state index in [0.717, 1.165) is 15.7 Å². The van der Waals surface area contributed by atoms with E-state index in [1.54, 1.807) is 6.07 Å². The minimum absolute atomic E-state index is 0.0422. The van der Waals surface area contributed by atoms with Crippen molar-refractivity contribution >= 4 is 27.5 Å². The molecule has 0 aliphatic carbocycles. The Kier molecular flexibility index (Phi) is 6.43. The zero-order valence-electron chi connectivity index (χ0n) is 12.3. The highest BCUT2D eigenvalue weighted by atomic mass is 79.9. The summed E-state index contributed by atoms with van der Waals surface area (Å²) in [5.41, 5.74) is 1.69. The molecule has 0 aliphatic heterocycles. The van der Waals surface area contributed by atoms with E-state index in [4.69, 9.17) is 9.47 Å². The van der Waals surface area contributed by atoms with Crippen molar-refractivity contribution < 1.29 is 14.3 Å². The number of para-hydroxylation sites is 1. The van der Waals surface area contributed by atoms with Crippen LogP contribution in [0.3, 0.4) is 0 Å². The average Bonchev–Trinajstić information content (AvgIpc) is 2.52. The molecule has 22 heavy (non-hydrogen) atoms. The Morgan fingerprint density at radius 2 is 2.00 bits per heavy atom. The van der Waals surface area contributed by atoms with Gasteiger partial charge in [0.15, 0.2) is 6.61 Å². The second-order valence-corrected chi connectivity index (χ2v) is 5.50. The molecule has 0 radical (unpaired) electrons. The predicted molar refractivity (Wildman–Crippen MR) is 90.0 cm³/mol. The Bertz CT molecular complexity index is 631. The van der Waals surface area contributed by atoms with Gasteiger partial charge in [-0.15, -0.1) is 0 Å². The Morgan fingerprint density at radius 3 is 2.77 bits per heavy atom. The van der Waals surface area contributed by atoms with Crippen molar-refractivity contribution in [2.45, 2.75) is 13.5 Å². The van der Waals surface area contributed by atoms with E-state index in [1.807, 2.05) is 49.4 Å². The van der Waals surface area contributed by atoms with E-state index in [-0.39, 0.29) is 12.5 Å². The summed E-state index contributed by atoms with van der Waals surface area (Å²) in [6, 6.07) is 15.0. The first-order chi connectivity index (χ1) is 10.7. The van der Waals surface area contributed by atoms with Gasteiger partial charge in [-0.25, -0.2) is 0 Å². The van der Waals surface area contributed by atoms with Gasteiger partial charge in [-0.1, -0.05) is 40.2 Å². The number of nitrogens with one attached hydrogen (secondary N) is 1. The summed E-state index contributed by atoms with van der Waals surface area (Å²) >= 11 is 3.36. The molecule has 5 heteroatoms. The van der Waals surface area contributed by atoms with E-state index in [1.165, 1.54) is 0 Å². The van der Waals surface area contributed by atoms with Crippen LogP contribution in [-0.4, -0.2) is 19.1 Å². The summed E-state index contributed by atoms with van der Waals surface area (Å²) in [7, 11) is 0. The van der Waals surface area contributed by atoms with Crippen molar-refractivity contribution in [3.63, 3.8) is 0 Å². The van der Waals surface area contributed by atoms with Crippen LogP contribution in [0.4, 0.5) is 5.69 Å². The Hall–Kier alpha value is -1.85. The van der Waals surface area contributed by atoms with Gasteiger partial charge in [0.25, 0.3) is 5.91 Å². The summed E-state index contributed by atoms with van der Waals surface area (Å²) in [6.45, 7) is 3.00. The molecule has 2 aromatic rings. The lowest BCUT2D eigenvalue weighted by Gasteiger charge is -2.11. The summed E-state index contributed by atoms with van der Waals surface area (Å²) in [5, 5.41) is 2.85. The zero-order valence-corrected chi connectivity index (χ0v) is 13.9. The van der Waals surface area contributed by atoms with Gasteiger partial charge >= 0.3 is 0 Å². The van der Waals surface area contributed by atoms with Gasteiger partial charge in [0.05, 0.1) is 6.61 Å². The van der Waals surface area contributed by atoms with Crippen LogP contribution < -0.4 is 10.1 Å². The fraction of sp³-hybridized carbons (Fsp3) is 0.235. The predicted octanol–water partition coefficient (Wildman–Crippen LogP) is 4.00. The topological polar surface area (TPSA) is 47.6 Å². The molecule has 0 saturated carbocycles. The first kappa shape index (κ1) is 16.5. The van der Waals surface area contributed by atoms with E-state index in [0.29, 0.717) is 19.0 Å². The molecule has 0 spiro atoms. The van der Waals surface area contributed by atoms with E-state index in [9.17, 15) is 4.79 Å². The molecule has 2 rings (SSSR count). The minimum Gasteiger partial charge on any atom is -0.484 e. The first-order valence-electron chi connectivity index (χ1n) is 7.03. The van der Waals surface area contributed by atoms with Crippen LogP contribution in [0.5, 0.6) is 5.75 Å². The molecule has 0 aromatic heterocycles. The summed E-state index contributed by atoms with van der Waals surface area (Å²) < 4.78 is 11.8. The zero-order chi connectivity index (χ0) is 15.8. The second kappa shape index (κ2) is 8.56. The molecule has 0 aliphatic rings. The van der Waals surface area contributed by atoms with Crippen molar-refractivity contribution in [2.24, 2.45) is 0 Å². The highest BCUT2D eigenvalue weighted by molar-refractivity contribution is 9.10. The summed E-state index contributed by atoms with van der Waals surface area (Å²) in [5.74, 6) is 0.441. The third-order valence-corrected chi connectivity index (χ3v) is 3.41. The molecule has 0 bridgehead atoms. The van der Waals surface area contributed by atoms with Crippen LogP contribution in [-0.2, 0) is 16.1 Å². The number of rotatable bonds is 7. The average molecular weight is 364 g/mol. The Morgan fingerprint density at radius 1 is 1.18 bits per heavy atom. The molecule has 0 fully saturated rings. The maximum Gasteiger partial charge on any atom is 0.262 e. The molecular weight excluding hydrogens is 346 g/mol. The highest BCUT2D eigenvalue weighted by Gasteiger charge is 2.07.